The molecule has 1 amide bonds. The number of Topliss-reactive ketones (excluding diaryl/α,β-unsaturated/α-hetero) is 1. The average Bonchev–Trinajstić information content (AvgIpc) is 2.98. The van der Waals surface area contributed by atoms with Gasteiger partial charge in [-0.25, -0.2) is 4.79 Å². The summed E-state index contributed by atoms with van der Waals surface area (Å²) >= 11 is 0. The van der Waals surface area contributed by atoms with E-state index in [1.165, 1.54) is 0 Å². The van der Waals surface area contributed by atoms with Gasteiger partial charge in [-0.15, -0.1) is 0 Å². The second kappa shape index (κ2) is 9.97. The van der Waals surface area contributed by atoms with E-state index in [2.05, 4.69) is 5.32 Å². The Morgan fingerprint density at radius 3 is 2.63 bits per heavy atom. The predicted molar refractivity (Wildman–Crippen MR) is 91.4 cm³/mol. The summed E-state index contributed by atoms with van der Waals surface area (Å²) in [5, 5.41) is 21.8. The van der Waals surface area contributed by atoms with E-state index in [0.717, 1.165) is 16.8 Å². The van der Waals surface area contributed by atoms with Crippen molar-refractivity contribution in [1.82, 2.24) is 14.9 Å². The van der Waals surface area contributed by atoms with Crippen molar-refractivity contribution in [3.8, 4) is 0 Å². The topological polar surface area (TPSA) is 160 Å². The smallest absolute Gasteiger partial charge is 0.394 e. The first-order chi connectivity index (χ1) is 14.0. The molecule has 0 saturated carbocycles. The van der Waals surface area contributed by atoms with Crippen LogP contribution < -0.4 is 16.6 Å². The highest BCUT2D eigenvalue weighted by Crippen LogP contribution is 2.30. The van der Waals surface area contributed by atoms with Crippen molar-refractivity contribution < 1.29 is 42.4 Å². The molecule has 0 aliphatic carbocycles. The SMILES string of the molecule is O=C(CO[C@H]1C(O)[C@@H](CO)O[C@H]1n1ccc(=O)[nH]c1=O)NCCCC(=O)C(F)(F)F. The van der Waals surface area contributed by atoms with E-state index >= 15 is 0 Å². The summed E-state index contributed by atoms with van der Waals surface area (Å²) < 4.78 is 47.9. The van der Waals surface area contributed by atoms with E-state index in [-0.39, 0.29) is 13.0 Å². The Bertz CT molecular complexity index is 868. The van der Waals surface area contributed by atoms with E-state index < -0.39 is 73.3 Å². The van der Waals surface area contributed by atoms with E-state index in [9.17, 15) is 42.6 Å². The van der Waals surface area contributed by atoms with Crippen molar-refractivity contribution in [1.29, 1.82) is 0 Å². The lowest BCUT2D eigenvalue weighted by Gasteiger charge is -2.22. The molecule has 168 valence electrons. The number of rotatable bonds is 9. The van der Waals surface area contributed by atoms with Crippen molar-refractivity contribution in [3.63, 3.8) is 0 Å². The van der Waals surface area contributed by atoms with E-state index in [1.54, 1.807) is 0 Å². The molecule has 0 bridgehead atoms. The Labute approximate surface area is 166 Å². The first-order valence-electron chi connectivity index (χ1n) is 8.78. The van der Waals surface area contributed by atoms with Crippen molar-refractivity contribution >= 4 is 11.7 Å². The number of aromatic nitrogens is 2. The zero-order valence-corrected chi connectivity index (χ0v) is 15.4. The van der Waals surface area contributed by atoms with Gasteiger partial charge in [0.15, 0.2) is 6.23 Å². The molecule has 11 nitrogen and oxygen atoms in total. The number of amides is 1. The highest BCUT2D eigenvalue weighted by Gasteiger charge is 2.46. The fourth-order valence-electron chi connectivity index (χ4n) is 2.74. The molecule has 14 heteroatoms. The van der Waals surface area contributed by atoms with Crippen LogP contribution in [0.2, 0.25) is 0 Å². The summed E-state index contributed by atoms with van der Waals surface area (Å²) in [4.78, 5) is 47.7. The number of hydrogen-bond donors (Lipinski definition) is 4. The molecule has 1 aliphatic rings. The van der Waals surface area contributed by atoms with Crippen molar-refractivity contribution in [2.24, 2.45) is 0 Å². The molecular formula is C16H20F3N3O8. The summed E-state index contributed by atoms with van der Waals surface area (Å²) in [6.07, 6.45) is -9.94. The third kappa shape index (κ3) is 5.98. The molecule has 0 radical (unpaired) electrons. The number of aromatic amines is 1. The number of aliphatic hydroxyl groups excluding tert-OH is 2. The molecule has 1 aromatic rings. The van der Waals surface area contributed by atoms with Crippen LogP contribution in [0.1, 0.15) is 19.1 Å². The molecule has 0 aromatic carbocycles. The first kappa shape index (κ1) is 23.7. The number of halogens is 3. The first-order valence-corrected chi connectivity index (χ1v) is 8.78. The molecular weight excluding hydrogens is 419 g/mol. The molecule has 1 aliphatic heterocycles. The van der Waals surface area contributed by atoms with Gasteiger partial charge in [-0.05, 0) is 6.42 Å². The molecule has 2 rings (SSSR count). The number of hydrogen-bond acceptors (Lipinski definition) is 8. The summed E-state index contributed by atoms with van der Waals surface area (Å²) in [5.74, 6) is -2.65. The van der Waals surface area contributed by atoms with Gasteiger partial charge < -0.3 is 25.0 Å². The molecule has 1 unspecified atom stereocenters. The van der Waals surface area contributed by atoms with Crippen LogP contribution in [0.25, 0.3) is 0 Å². The molecule has 2 heterocycles. The minimum absolute atomic E-state index is 0.212. The van der Waals surface area contributed by atoms with Gasteiger partial charge in [-0.3, -0.25) is 23.9 Å². The standard InChI is InChI=1S/C16H20F3N3O8/c17-16(18,19)9(24)2-1-4-20-11(26)7-29-13-12(27)8(6-23)30-14(13)22-5-3-10(25)21-15(22)28/h3,5,8,12-14,23,27H,1-2,4,6-7H2,(H,20,26)(H,21,25,28)/t8-,12?,13+,14-/m1/s1. The molecule has 4 N–H and O–H groups in total. The average molecular weight is 439 g/mol. The van der Waals surface area contributed by atoms with Crippen LogP contribution >= 0.6 is 0 Å². The fourth-order valence-corrected chi connectivity index (χ4v) is 2.74. The van der Waals surface area contributed by atoms with Gasteiger partial charge in [0.25, 0.3) is 5.56 Å². The quantitative estimate of drug-likeness (QED) is 0.328. The van der Waals surface area contributed by atoms with Crippen molar-refractivity contribution in [3.05, 3.63) is 33.1 Å². The van der Waals surface area contributed by atoms with Gasteiger partial charge in [0.1, 0.15) is 24.9 Å². The van der Waals surface area contributed by atoms with Crippen LogP contribution in [-0.2, 0) is 19.1 Å². The lowest BCUT2D eigenvalue weighted by Crippen LogP contribution is -2.41. The second-order valence-electron chi connectivity index (χ2n) is 6.41. The highest BCUT2D eigenvalue weighted by atomic mass is 19.4. The van der Waals surface area contributed by atoms with E-state index in [4.69, 9.17) is 9.47 Å². The molecule has 1 saturated heterocycles. The number of nitrogens with one attached hydrogen (secondary N) is 2. The minimum Gasteiger partial charge on any atom is -0.394 e. The third-order valence-corrected chi connectivity index (χ3v) is 4.24. The summed E-state index contributed by atoms with van der Waals surface area (Å²) in [6, 6.07) is 1.02. The number of ether oxygens (including phenoxy) is 2. The molecule has 0 spiro atoms. The van der Waals surface area contributed by atoms with E-state index in [0.29, 0.717) is 0 Å². The number of ketones is 1. The fraction of sp³-hybridized carbons (Fsp3) is 0.625. The highest BCUT2D eigenvalue weighted by molar-refractivity contribution is 5.84. The van der Waals surface area contributed by atoms with Crippen LogP contribution in [-0.4, -0.2) is 75.7 Å². The largest absolute Gasteiger partial charge is 0.449 e. The second-order valence-corrected chi connectivity index (χ2v) is 6.41. The zero-order valence-electron chi connectivity index (χ0n) is 15.4. The van der Waals surface area contributed by atoms with Gasteiger partial charge in [-0.1, -0.05) is 0 Å². The predicted octanol–water partition coefficient (Wildman–Crippen LogP) is -1.80. The number of aliphatic hydroxyl groups is 2. The Morgan fingerprint density at radius 2 is 2.03 bits per heavy atom. The Hall–Kier alpha value is -2.55. The van der Waals surface area contributed by atoms with Crippen LogP contribution in [0.3, 0.4) is 0 Å². The summed E-state index contributed by atoms with van der Waals surface area (Å²) in [6.45, 7) is -1.48. The van der Waals surface area contributed by atoms with Gasteiger partial charge in [0.05, 0.1) is 6.61 Å². The van der Waals surface area contributed by atoms with Gasteiger partial charge in [0.2, 0.25) is 11.7 Å². The van der Waals surface area contributed by atoms with Crippen LogP contribution in [0.4, 0.5) is 13.2 Å². The molecule has 1 fully saturated rings. The Morgan fingerprint density at radius 1 is 1.33 bits per heavy atom. The number of nitrogens with zero attached hydrogens (tertiary/aromatic N) is 1. The van der Waals surface area contributed by atoms with Crippen LogP contribution in [0, 0.1) is 0 Å². The van der Waals surface area contributed by atoms with Crippen LogP contribution in [0.5, 0.6) is 0 Å². The lowest BCUT2D eigenvalue weighted by atomic mass is 10.1. The van der Waals surface area contributed by atoms with Crippen molar-refractivity contribution in [2.75, 3.05) is 19.8 Å². The number of carbonyl (C=O) groups is 2. The molecule has 4 atom stereocenters. The summed E-state index contributed by atoms with van der Waals surface area (Å²) in [5.41, 5.74) is -1.54. The Balaban J connectivity index is 1.92. The van der Waals surface area contributed by atoms with Crippen molar-refractivity contribution in [2.45, 2.75) is 43.6 Å². The van der Waals surface area contributed by atoms with Gasteiger partial charge >= 0.3 is 11.9 Å². The van der Waals surface area contributed by atoms with Crippen LogP contribution in [0.15, 0.2) is 21.9 Å². The Kier molecular flexibility index (Phi) is 7.89. The summed E-state index contributed by atoms with van der Waals surface area (Å²) in [7, 11) is 0. The number of carbonyl (C=O) groups excluding carboxylic acids is 2. The minimum atomic E-state index is -4.93. The maximum atomic E-state index is 12.1. The maximum Gasteiger partial charge on any atom is 0.449 e. The lowest BCUT2D eigenvalue weighted by molar-refractivity contribution is -0.171. The molecule has 1 aromatic heterocycles. The number of alkyl halides is 3. The third-order valence-electron chi connectivity index (χ3n) is 4.24. The molecule has 30 heavy (non-hydrogen) atoms. The number of H-pyrrole nitrogens is 1. The normalized spacial score (nSPS) is 24.0. The van der Waals surface area contributed by atoms with E-state index in [1.807, 2.05) is 4.98 Å². The zero-order chi connectivity index (χ0) is 22.5. The maximum absolute atomic E-state index is 12.1. The van der Waals surface area contributed by atoms with Gasteiger partial charge in [0, 0.05) is 25.2 Å². The van der Waals surface area contributed by atoms with Gasteiger partial charge in [-0.2, -0.15) is 13.2 Å². The monoisotopic (exact) mass is 439 g/mol.